The number of carbonyl (C=O) groups excluding carboxylic acids is 1. The van der Waals surface area contributed by atoms with E-state index in [1.807, 2.05) is 24.3 Å². The first-order valence-corrected chi connectivity index (χ1v) is 12.3. The van der Waals surface area contributed by atoms with Crippen LogP contribution in [0.4, 0.5) is 20.0 Å². The second kappa shape index (κ2) is 10.0. The molecule has 8 nitrogen and oxygen atoms in total. The lowest BCUT2D eigenvalue weighted by molar-refractivity contribution is 0.252. The van der Waals surface area contributed by atoms with Gasteiger partial charge in [-0.3, -0.25) is 10.0 Å². The lowest BCUT2D eigenvalue weighted by atomic mass is 10.0. The van der Waals surface area contributed by atoms with Crippen molar-refractivity contribution in [2.45, 2.75) is 26.7 Å². The minimum Gasteiger partial charge on any atom is -0.337 e. The Hall–Kier alpha value is -3.05. The molecule has 3 N–H and O–H groups in total. The maximum atomic E-state index is 13.6. The number of hydrogen-bond donors (Lipinski definition) is 3. The molecule has 11 heteroatoms. The molecule has 170 valence electrons. The Labute approximate surface area is 190 Å². The van der Waals surface area contributed by atoms with Gasteiger partial charge in [0.25, 0.3) is 0 Å². The molecular weight excluding hydrogens is 453 g/mol. The van der Waals surface area contributed by atoms with Gasteiger partial charge in [-0.2, -0.15) is 0 Å². The Bertz CT molecular complexity index is 1190. The summed E-state index contributed by atoms with van der Waals surface area (Å²) in [6, 6.07) is 11.4. The van der Waals surface area contributed by atoms with E-state index in [9.17, 15) is 17.6 Å². The van der Waals surface area contributed by atoms with Crippen molar-refractivity contribution >= 4 is 38.2 Å². The van der Waals surface area contributed by atoms with Gasteiger partial charge < -0.3 is 5.32 Å². The number of aryl methyl sites for hydroxylation is 1. The SMILES string of the molecule is Cc1ccc(NS(=O)(=O)CCNC(=O)Nc2nnc(-c3ccc(C(C)C)cc3)s2)cc1F. The van der Waals surface area contributed by atoms with E-state index >= 15 is 0 Å². The summed E-state index contributed by atoms with van der Waals surface area (Å²) in [5.41, 5.74) is 2.65. The monoisotopic (exact) mass is 477 g/mol. The average Bonchev–Trinajstić information content (AvgIpc) is 3.18. The van der Waals surface area contributed by atoms with Crippen molar-refractivity contribution in [2.24, 2.45) is 0 Å². The van der Waals surface area contributed by atoms with E-state index in [4.69, 9.17) is 0 Å². The van der Waals surface area contributed by atoms with Crippen LogP contribution in [-0.4, -0.2) is 36.9 Å². The molecule has 0 fully saturated rings. The number of anilines is 2. The number of amides is 2. The number of halogens is 1. The third-order valence-corrected chi connectivity index (χ3v) is 6.75. The number of sulfonamides is 1. The summed E-state index contributed by atoms with van der Waals surface area (Å²) in [5, 5.41) is 14.0. The van der Waals surface area contributed by atoms with E-state index in [0.29, 0.717) is 21.6 Å². The number of carbonyl (C=O) groups is 1. The van der Waals surface area contributed by atoms with Crippen molar-refractivity contribution in [1.29, 1.82) is 0 Å². The van der Waals surface area contributed by atoms with Gasteiger partial charge in [-0.1, -0.05) is 55.5 Å². The predicted octanol–water partition coefficient (Wildman–Crippen LogP) is 4.34. The van der Waals surface area contributed by atoms with E-state index in [1.54, 1.807) is 6.92 Å². The average molecular weight is 478 g/mol. The van der Waals surface area contributed by atoms with E-state index in [-0.39, 0.29) is 18.0 Å². The number of nitrogens with one attached hydrogen (secondary N) is 3. The Balaban J connectivity index is 1.49. The first kappa shape index (κ1) is 23.6. The van der Waals surface area contributed by atoms with Gasteiger partial charge in [0.05, 0.1) is 11.4 Å². The molecule has 2 aromatic carbocycles. The van der Waals surface area contributed by atoms with Gasteiger partial charge in [0.15, 0.2) is 0 Å². The van der Waals surface area contributed by atoms with Crippen molar-refractivity contribution in [2.75, 3.05) is 22.3 Å². The molecule has 0 aliphatic carbocycles. The molecule has 0 aliphatic heterocycles. The number of benzene rings is 2. The van der Waals surface area contributed by atoms with E-state index in [1.165, 1.54) is 29.0 Å². The second-order valence-electron chi connectivity index (χ2n) is 7.45. The summed E-state index contributed by atoms with van der Waals surface area (Å²) in [6.45, 7) is 5.67. The molecule has 32 heavy (non-hydrogen) atoms. The van der Waals surface area contributed by atoms with Gasteiger partial charge in [0.2, 0.25) is 15.2 Å². The Morgan fingerprint density at radius 2 is 1.84 bits per heavy atom. The summed E-state index contributed by atoms with van der Waals surface area (Å²) < 4.78 is 40.1. The van der Waals surface area contributed by atoms with Crippen LogP contribution in [0.1, 0.15) is 30.9 Å². The molecule has 1 heterocycles. The third-order valence-electron chi connectivity index (χ3n) is 4.57. The minimum absolute atomic E-state index is 0.125. The fraction of sp³-hybridized carbons (Fsp3) is 0.286. The van der Waals surface area contributed by atoms with Gasteiger partial charge in [-0.25, -0.2) is 17.6 Å². The van der Waals surface area contributed by atoms with E-state index in [2.05, 4.69) is 39.4 Å². The topological polar surface area (TPSA) is 113 Å². The van der Waals surface area contributed by atoms with Crippen LogP contribution in [0.15, 0.2) is 42.5 Å². The summed E-state index contributed by atoms with van der Waals surface area (Å²) in [6.07, 6.45) is 0. The standard InChI is InChI=1S/C21H24FN5O3S2/c1-13(2)15-5-7-16(8-6-15)19-25-26-21(31-19)24-20(28)23-10-11-32(29,30)27-17-9-4-14(3)18(22)12-17/h4-9,12-13,27H,10-11H2,1-3H3,(H2,23,24,26,28). The number of aromatic nitrogens is 2. The van der Waals surface area contributed by atoms with Gasteiger partial charge in [-0.05, 0) is 36.1 Å². The molecule has 0 radical (unpaired) electrons. The minimum atomic E-state index is -3.76. The normalized spacial score (nSPS) is 11.4. The second-order valence-corrected chi connectivity index (χ2v) is 10.3. The van der Waals surface area contributed by atoms with Crippen molar-refractivity contribution in [3.63, 3.8) is 0 Å². The Morgan fingerprint density at radius 1 is 1.12 bits per heavy atom. The highest BCUT2D eigenvalue weighted by Gasteiger charge is 2.14. The van der Waals surface area contributed by atoms with Gasteiger partial charge in [0, 0.05) is 12.1 Å². The van der Waals surface area contributed by atoms with E-state index in [0.717, 1.165) is 11.6 Å². The lowest BCUT2D eigenvalue weighted by Crippen LogP contribution is -2.34. The number of rotatable bonds is 8. The molecule has 3 aromatic rings. The largest absolute Gasteiger partial charge is 0.337 e. The summed E-state index contributed by atoms with van der Waals surface area (Å²) in [7, 11) is -3.76. The third kappa shape index (κ3) is 6.47. The molecular formula is C21H24FN5O3S2. The first-order chi connectivity index (χ1) is 15.1. The van der Waals surface area contributed by atoms with Gasteiger partial charge >= 0.3 is 6.03 Å². The molecule has 0 saturated carbocycles. The highest BCUT2D eigenvalue weighted by Crippen LogP contribution is 2.27. The molecule has 0 bridgehead atoms. The molecule has 3 rings (SSSR count). The van der Waals surface area contributed by atoms with E-state index < -0.39 is 21.9 Å². The quantitative estimate of drug-likeness (QED) is 0.447. The molecule has 0 saturated heterocycles. The van der Waals surface area contributed by atoms with Gasteiger partial charge in [-0.15, -0.1) is 10.2 Å². The van der Waals surface area contributed by atoms with Gasteiger partial charge in [0.1, 0.15) is 10.8 Å². The zero-order valence-electron chi connectivity index (χ0n) is 17.8. The molecule has 2 amide bonds. The summed E-state index contributed by atoms with van der Waals surface area (Å²) >= 11 is 1.21. The summed E-state index contributed by atoms with van der Waals surface area (Å²) in [5.74, 6) is -0.453. The Kier molecular flexibility index (Phi) is 7.41. The van der Waals surface area contributed by atoms with Crippen molar-refractivity contribution in [3.8, 4) is 10.6 Å². The molecule has 0 unspecified atom stereocenters. The van der Waals surface area contributed by atoms with Crippen LogP contribution in [-0.2, 0) is 10.0 Å². The Morgan fingerprint density at radius 3 is 2.50 bits per heavy atom. The van der Waals surface area contributed by atoms with Crippen molar-refractivity contribution < 1.29 is 17.6 Å². The molecule has 0 spiro atoms. The number of urea groups is 1. The van der Waals surface area contributed by atoms with Crippen LogP contribution in [0.25, 0.3) is 10.6 Å². The zero-order chi connectivity index (χ0) is 23.3. The predicted molar refractivity (Wildman–Crippen MR) is 125 cm³/mol. The van der Waals surface area contributed by atoms with Crippen molar-refractivity contribution in [3.05, 3.63) is 59.4 Å². The van der Waals surface area contributed by atoms with Crippen LogP contribution in [0.2, 0.25) is 0 Å². The molecule has 1 aromatic heterocycles. The summed E-state index contributed by atoms with van der Waals surface area (Å²) in [4.78, 5) is 12.1. The lowest BCUT2D eigenvalue weighted by Gasteiger charge is -2.09. The van der Waals surface area contributed by atoms with Crippen LogP contribution < -0.4 is 15.4 Å². The van der Waals surface area contributed by atoms with Crippen LogP contribution >= 0.6 is 11.3 Å². The maximum Gasteiger partial charge on any atom is 0.321 e. The first-order valence-electron chi connectivity index (χ1n) is 9.88. The highest BCUT2D eigenvalue weighted by atomic mass is 32.2. The number of hydrogen-bond acceptors (Lipinski definition) is 6. The van der Waals surface area contributed by atoms with Crippen molar-refractivity contribution in [1.82, 2.24) is 15.5 Å². The molecule has 0 atom stereocenters. The highest BCUT2D eigenvalue weighted by molar-refractivity contribution is 7.92. The zero-order valence-corrected chi connectivity index (χ0v) is 19.5. The fourth-order valence-electron chi connectivity index (χ4n) is 2.73. The van der Waals surface area contributed by atoms with Crippen LogP contribution in [0.3, 0.4) is 0 Å². The smallest absolute Gasteiger partial charge is 0.321 e. The fourth-order valence-corrected chi connectivity index (χ4v) is 4.43. The van der Waals surface area contributed by atoms with Crippen LogP contribution in [0.5, 0.6) is 0 Å². The number of nitrogens with zero attached hydrogens (tertiary/aromatic N) is 2. The van der Waals surface area contributed by atoms with Crippen LogP contribution in [0, 0.1) is 12.7 Å². The maximum absolute atomic E-state index is 13.6. The molecule has 0 aliphatic rings.